The summed E-state index contributed by atoms with van der Waals surface area (Å²) >= 11 is 0. The molecule has 4 heteroatoms. The van der Waals surface area contributed by atoms with Gasteiger partial charge in [0.05, 0.1) is 19.0 Å². The fourth-order valence-electron chi connectivity index (χ4n) is 3.50. The SMILES string of the molecule is CCCCCCCOc1cc(C)c(C=Nc2cnn(CCCCCC)c2)c(C)c1. The molecule has 0 atom stereocenters. The number of rotatable bonds is 14. The normalized spacial score (nSPS) is 11.4. The molecule has 0 N–H and O–H groups in total. The predicted octanol–water partition coefficient (Wildman–Crippen LogP) is 7.18. The van der Waals surface area contributed by atoms with E-state index >= 15 is 0 Å². The molecule has 0 bridgehead atoms. The molecular weight excluding hydrogens is 358 g/mol. The van der Waals surface area contributed by atoms with E-state index in [2.05, 4.69) is 49.9 Å². The zero-order chi connectivity index (χ0) is 20.9. The molecule has 2 aromatic rings. The van der Waals surface area contributed by atoms with Crippen LogP contribution in [-0.4, -0.2) is 22.6 Å². The summed E-state index contributed by atoms with van der Waals surface area (Å²) in [5, 5.41) is 4.43. The summed E-state index contributed by atoms with van der Waals surface area (Å²) in [5.41, 5.74) is 4.46. The minimum absolute atomic E-state index is 0.799. The number of aliphatic imine (C=N–C) groups is 1. The highest BCUT2D eigenvalue weighted by Gasteiger charge is 2.05. The zero-order valence-corrected chi connectivity index (χ0v) is 18.9. The van der Waals surface area contributed by atoms with E-state index in [0.717, 1.165) is 36.6 Å². The van der Waals surface area contributed by atoms with Crippen LogP contribution >= 0.6 is 0 Å². The fraction of sp³-hybridized carbons (Fsp3) is 0.600. The number of benzene rings is 1. The van der Waals surface area contributed by atoms with E-state index in [4.69, 9.17) is 4.74 Å². The van der Waals surface area contributed by atoms with Gasteiger partial charge in [0.1, 0.15) is 11.4 Å². The molecule has 0 saturated carbocycles. The predicted molar refractivity (Wildman–Crippen MR) is 124 cm³/mol. The van der Waals surface area contributed by atoms with Gasteiger partial charge in [0.2, 0.25) is 0 Å². The monoisotopic (exact) mass is 397 g/mol. The maximum Gasteiger partial charge on any atom is 0.119 e. The Hall–Kier alpha value is -2.10. The van der Waals surface area contributed by atoms with Crippen molar-refractivity contribution in [3.8, 4) is 5.75 Å². The first-order chi connectivity index (χ1) is 14.1. The number of nitrogens with zero attached hydrogens (tertiary/aromatic N) is 3. The zero-order valence-electron chi connectivity index (χ0n) is 18.9. The number of ether oxygens (including phenoxy) is 1. The molecule has 0 aliphatic rings. The van der Waals surface area contributed by atoms with Crippen molar-refractivity contribution in [2.75, 3.05) is 6.61 Å². The van der Waals surface area contributed by atoms with Gasteiger partial charge in [-0.15, -0.1) is 0 Å². The number of aryl methyl sites for hydroxylation is 3. The molecule has 4 nitrogen and oxygen atoms in total. The van der Waals surface area contributed by atoms with Crippen molar-refractivity contribution in [2.45, 2.75) is 92.0 Å². The Morgan fingerprint density at radius 2 is 1.59 bits per heavy atom. The lowest BCUT2D eigenvalue weighted by Gasteiger charge is -2.11. The van der Waals surface area contributed by atoms with Crippen molar-refractivity contribution in [3.63, 3.8) is 0 Å². The van der Waals surface area contributed by atoms with Gasteiger partial charge in [-0.1, -0.05) is 58.8 Å². The molecule has 29 heavy (non-hydrogen) atoms. The molecule has 160 valence electrons. The summed E-state index contributed by atoms with van der Waals surface area (Å²) in [4.78, 5) is 4.65. The molecule has 0 fully saturated rings. The summed E-state index contributed by atoms with van der Waals surface area (Å²) in [6, 6.07) is 4.25. The average Bonchev–Trinajstić information content (AvgIpc) is 3.15. The molecule has 0 aliphatic carbocycles. The summed E-state index contributed by atoms with van der Waals surface area (Å²) in [6.45, 7) is 10.5. The van der Waals surface area contributed by atoms with Crippen LogP contribution in [0.2, 0.25) is 0 Å². The number of aromatic nitrogens is 2. The molecule has 0 unspecified atom stereocenters. The quantitative estimate of drug-likeness (QED) is 0.250. The van der Waals surface area contributed by atoms with Crippen molar-refractivity contribution in [1.29, 1.82) is 0 Å². The van der Waals surface area contributed by atoms with Gasteiger partial charge in [0, 0.05) is 12.8 Å². The van der Waals surface area contributed by atoms with Gasteiger partial charge >= 0.3 is 0 Å². The van der Waals surface area contributed by atoms with Crippen LogP contribution in [0.15, 0.2) is 29.5 Å². The maximum absolute atomic E-state index is 5.97. The van der Waals surface area contributed by atoms with Gasteiger partial charge < -0.3 is 4.74 Å². The largest absolute Gasteiger partial charge is 0.494 e. The Bertz CT molecular complexity index is 725. The minimum atomic E-state index is 0.799. The molecule has 0 saturated heterocycles. The third kappa shape index (κ3) is 8.43. The maximum atomic E-state index is 5.97. The average molecular weight is 398 g/mol. The molecular formula is C25H39N3O. The topological polar surface area (TPSA) is 39.4 Å². The molecule has 0 aliphatic heterocycles. The first-order valence-electron chi connectivity index (χ1n) is 11.4. The second kappa shape index (κ2) is 13.2. The van der Waals surface area contributed by atoms with Gasteiger partial charge in [-0.2, -0.15) is 5.10 Å². The van der Waals surface area contributed by atoms with Gasteiger partial charge in [-0.3, -0.25) is 9.67 Å². The van der Waals surface area contributed by atoms with E-state index in [1.165, 1.54) is 62.5 Å². The molecule has 1 aromatic carbocycles. The third-order valence-electron chi connectivity index (χ3n) is 5.29. The highest BCUT2D eigenvalue weighted by Crippen LogP contribution is 2.22. The van der Waals surface area contributed by atoms with Crippen LogP contribution in [-0.2, 0) is 6.54 Å². The highest BCUT2D eigenvalue weighted by molar-refractivity contribution is 5.85. The standard InChI is InChI=1S/C25H39N3O/c1-5-7-9-11-13-15-29-24-16-21(3)25(22(4)17-24)19-26-23-18-27-28(20-23)14-12-10-8-6-2/h16-20H,5-15H2,1-4H3. The van der Waals surface area contributed by atoms with Crippen LogP contribution in [0.25, 0.3) is 0 Å². The number of unbranched alkanes of at least 4 members (excludes halogenated alkanes) is 7. The Labute approximate surface area is 177 Å². The van der Waals surface area contributed by atoms with Crippen LogP contribution in [0.5, 0.6) is 5.75 Å². The van der Waals surface area contributed by atoms with Gasteiger partial charge in [-0.25, -0.2) is 0 Å². The van der Waals surface area contributed by atoms with Crippen LogP contribution in [0.1, 0.15) is 88.3 Å². The Morgan fingerprint density at radius 1 is 0.931 bits per heavy atom. The van der Waals surface area contributed by atoms with Crippen molar-refractivity contribution in [1.82, 2.24) is 9.78 Å². The number of hydrogen-bond acceptors (Lipinski definition) is 3. The summed E-state index contributed by atoms with van der Waals surface area (Å²) in [6.07, 6.45) is 17.1. The minimum Gasteiger partial charge on any atom is -0.494 e. The molecule has 0 radical (unpaired) electrons. The summed E-state index contributed by atoms with van der Waals surface area (Å²) < 4.78 is 7.97. The first-order valence-corrected chi connectivity index (χ1v) is 11.4. The third-order valence-corrected chi connectivity index (χ3v) is 5.29. The lowest BCUT2D eigenvalue weighted by Crippen LogP contribution is -2.00. The van der Waals surface area contributed by atoms with Crippen molar-refractivity contribution in [2.24, 2.45) is 4.99 Å². The van der Waals surface area contributed by atoms with Gasteiger partial charge in [0.25, 0.3) is 0 Å². The van der Waals surface area contributed by atoms with E-state index in [9.17, 15) is 0 Å². The first kappa shape index (κ1) is 23.2. The second-order valence-corrected chi connectivity index (χ2v) is 8.01. The van der Waals surface area contributed by atoms with Crippen molar-refractivity contribution >= 4 is 11.9 Å². The smallest absolute Gasteiger partial charge is 0.119 e. The van der Waals surface area contributed by atoms with E-state index in [1.54, 1.807) is 0 Å². The van der Waals surface area contributed by atoms with E-state index in [-0.39, 0.29) is 0 Å². The van der Waals surface area contributed by atoms with Crippen LogP contribution in [0, 0.1) is 13.8 Å². The van der Waals surface area contributed by atoms with Crippen LogP contribution in [0.3, 0.4) is 0 Å². The van der Waals surface area contributed by atoms with Crippen molar-refractivity contribution in [3.05, 3.63) is 41.2 Å². The fourth-order valence-corrected chi connectivity index (χ4v) is 3.50. The molecule has 1 aromatic heterocycles. The van der Waals surface area contributed by atoms with Crippen LogP contribution < -0.4 is 4.74 Å². The van der Waals surface area contributed by atoms with Gasteiger partial charge in [0.15, 0.2) is 0 Å². The Morgan fingerprint density at radius 3 is 2.28 bits per heavy atom. The Kier molecular flexibility index (Phi) is 10.5. The van der Waals surface area contributed by atoms with Gasteiger partial charge in [-0.05, 0) is 55.5 Å². The van der Waals surface area contributed by atoms with E-state index in [1.807, 2.05) is 23.3 Å². The molecule has 2 rings (SSSR count). The summed E-state index contributed by atoms with van der Waals surface area (Å²) in [5.74, 6) is 0.965. The van der Waals surface area contributed by atoms with E-state index < -0.39 is 0 Å². The van der Waals surface area contributed by atoms with Crippen molar-refractivity contribution < 1.29 is 4.74 Å². The highest BCUT2D eigenvalue weighted by atomic mass is 16.5. The second-order valence-electron chi connectivity index (χ2n) is 8.01. The summed E-state index contributed by atoms with van der Waals surface area (Å²) in [7, 11) is 0. The molecule has 0 amide bonds. The molecule has 0 spiro atoms. The lowest BCUT2D eigenvalue weighted by molar-refractivity contribution is 0.304. The molecule has 1 heterocycles. The lowest BCUT2D eigenvalue weighted by atomic mass is 10.0. The Balaban J connectivity index is 1.88. The van der Waals surface area contributed by atoms with E-state index in [0.29, 0.717) is 0 Å². The van der Waals surface area contributed by atoms with Crippen LogP contribution in [0.4, 0.5) is 5.69 Å². The number of hydrogen-bond donors (Lipinski definition) is 0.